The van der Waals surface area contributed by atoms with E-state index in [0.29, 0.717) is 11.5 Å². The summed E-state index contributed by atoms with van der Waals surface area (Å²) in [6.07, 6.45) is 10.6. The minimum Gasteiger partial charge on any atom is -0.357 e. The number of nitrogens with one attached hydrogen (secondary N) is 2. The molecule has 5 heteroatoms. The lowest BCUT2D eigenvalue weighted by Gasteiger charge is -2.36. The molecule has 25 heavy (non-hydrogen) atoms. The molecule has 0 aromatic carbocycles. The van der Waals surface area contributed by atoms with Gasteiger partial charge in [-0.2, -0.15) is 0 Å². The van der Waals surface area contributed by atoms with Gasteiger partial charge in [-0.3, -0.25) is 4.99 Å². The molecule has 1 saturated carbocycles. The summed E-state index contributed by atoms with van der Waals surface area (Å²) >= 11 is 0. The summed E-state index contributed by atoms with van der Waals surface area (Å²) in [4.78, 5) is 7.52. The molecule has 0 amide bonds. The van der Waals surface area contributed by atoms with Crippen LogP contribution in [0.3, 0.4) is 0 Å². The van der Waals surface area contributed by atoms with Gasteiger partial charge in [-0.25, -0.2) is 0 Å². The van der Waals surface area contributed by atoms with E-state index in [1.807, 2.05) is 0 Å². The quantitative estimate of drug-likeness (QED) is 0.265. The molecule has 1 aliphatic heterocycles. The van der Waals surface area contributed by atoms with Crippen LogP contribution in [0.25, 0.3) is 0 Å². The lowest BCUT2D eigenvalue weighted by molar-refractivity contribution is 0.150. The van der Waals surface area contributed by atoms with Crippen molar-refractivity contribution in [3.05, 3.63) is 0 Å². The summed E-state index contributed by atoms with van der Waals surface area (Å²) in [7, 11) is 0. The van der Waals surface area contributed by atoms with Crippen LogP contribution < -0.4 is 10.6 Å². The van der Waals surface area contributed by atoms with Crippen LogP contribution in [-0.4, -0.2) is 49.1 Å². The van der Waals surface area contributed by atoms with Gasteiger partial charge in [0.15, 0.2) is 5.96 Å². The zero-order valence-electron chi connectivity index (χ0n) is 16.9. The van der Waals surface area contributed by atoms with Crippen LogP contribution in [-0.2, 0) is 0 Å². The van der Waals surface area contributed by atoms with Crippen molar-refractivity contribution < 1.29 is 0 Å². The molecule has 4 nitrogen and oxygen atoms in total. The average molecular weight is 464 g/mol. The first-order valence-corrected chi connectivity index (χ1v) is 10.3. The lowest BCUT2D eigenvalue weighted by Crippen LogP contribution is -2.50. The molecule has 2 N–H and O–H groups in total. The van der Waals surface area contributed by atoms with Gasteiger partial charge in [0.1, 0.15) is 0 Å². The monoisotopic (exact) mass is 464 g/mol. The van der Waals surface area contributed by atoms with Crippen molar-refractivity contribution in [2.75, 3.05) is 26.2 Å². The van der Waals surface area contributed by atoms with Gasteiger partial charge in [0.25, 0.3) is 0 Å². The number of aliphatic imine (C=N–C) groups is 1. The van der Waals surface area contributed by atoms with Crippen LogP contribution >= 0.6 is 24.0 Å². The second-order valence-electron chi connectivity index (χ2n) is 8.82. The summed E-state index contributed by atoms with van der Waals surface area (Å²) < 4.78 is 0. The third-order valence-corrected chi connectivity index (χ3v) is 5.41. The molecule has 1 saturated heterocycles. The third kappa shape index (κ3) is 8.94. The summed E-state index contributed by atoms with van der Waals surface area (Å²) in [6, 6.07) is 1.47. The Bertz CT molecular complexity index is 378. The fourth-order valence-electron chi connectivity index (χ4n) is 3.99. The van der Waals surface area contributed by atoms with Gasteiger partial charge < -0.3 is 15.5 Å². The molecule has 2 rings (SSSR count). The first kappa shape index (κ1) is 23.0. The SMILES string of the molecule is CCNC(=NCCCC(C)(C)C)NC1CCN(C2CCCC2)CC1.I. The Hall–Kier alpha value is -0.0400. The van der Waals surface area contributed by atoms with E-state index in [0.717, 1.165) is 25.1 Å². The smallest absolute Gasteiger partial charge is 0.191 e. The van der Waals surface area contributed by atoms with Crippen LogP contribution in [0, 0.1) is 5.41 Å². The standard InChI is InChI=1S/C20H40N4.HI/c1-5-21-19(22-14-8-13-20(2,3)4)23-17-11-15-24(16-12-17)18-9-6-7-10-18;/h17-18H,5-16H2,1-4H3,(H2,21,22,23);1H. The topological polar surface area (TPSA) is 39.7 Å². The number of rotatable bonds is 6. The van der Waals surface area contributed by atoms with Crippen LogP contribution in [0.15, 0.2) is 4.99 Å². The highest BCUT2D eigenvalue weighted by Crippen LogP contribution is 2.26. The van der Waals surface area contributed by atoms with Gasteiger partial charge in [-0.15, -0.1) is 24.0 Å². The van der Waals surface area contributed by atoms with Gasteiger partial charge in [0, 0.05) is 38.3 Å². The Morgan fingerprint density at radius 1 is 1.08 bits per heavy atom. The molecular formula is C20H41IN4. The van der Waals surface area contributed by atoms with E-state index in [2.05, 4.69) is 43.2 Å². The number of piperidine rings is 1. The van der Waals surface area contributed by atoms with E-state index in [-0.39, 0.29) is 24.0 Å². The largest absolute Gasteiger partial charge is 0.357 e. The van der Waals surface area contributed by atoms with Crippen molar-refractivity contribution in [3.63, 3.8) is 0 Å². The Labute approximate surface area is 173 Å². The van der Waals surface area contributed by atoms with Gasteiger partial charge in [-0.1, -0.05) is 33.6 Å². The van der Waals surface area contributed by atoms with Crippen molar-refractivity contribution in [3.8, 4) is 0 Å². The zero-order valence-corrected chi connectivity index (χ0v) is 19.3. The van der Waals surface area contributed by atoms with Crippen LogP contribution in [0.5, 0.6) is 0 Å². The fraction of sp³-hybridized carbons (Fsp3) is 0.950. The van der Waals surface area contributed by atoms with Crippen LogP contribution in [0.1, 0.15) is 79.1 Å². The maximum absolute atomic E-state index is 4.79. The summed E-state index contributed by atoms with van der Waals surface area (Å²) in [6.45, 7) is 13.4. The van der Waals surface area contributed by atoms with Crippen molar-refractivity contribution in [1.82, 2.24) is 15.5 Å². The second-order valence-corrected chi connectivity index (χ2v) is 8.82. The molecule has 1 heterocycles. The Balaban J connectivity index is 0.00000312. The Morgan fingerprint density at radius 2 is 1.72 bits per heavy atom. The predicted octanol–water partition coefficient (Wildman–Crippen LogP) is 4.39. The van der Waals surface area contributed by atoms with E-state index < -0.39 is 0 Å². The number of guanidine groups is 1. The lowest BCUT2D eigenvalue weighted by atomic mass is 9.91. The molecule has 0 bridgehead atoms. The summed E-state index contributed by atoms with van der Waals surface area (Å²) in [5, 5.41) is 7.10. The molecule has 1 aliphatic carbocycles. The highest BCUT2D eigenvalue weighted by atomic mass is 127. The minimum absolute atomic E-state index is 0. The Kier molecular flexibility index (Phi) is 10.7. The highest BCUT2D eigenvalue weighted by Gasteiger charge is 2.27. The molecule has 0 atom stereocenters. The number of halogens is 1. The maximum Gasteiger partial charge on any atom is 0.191 e. The van der Waals surface area contributed by atoms with Crippen LogP contribution in [0.2, 0.25) is 0 Å². The zero-order chi connectivity index (χ0) is 17.4. The normalized spacial score (nSPS) is 21.2. The van der Waals surface area contributed by atoms with Crippen LogP contribution in [0.4, 0.5) is 0 Å². The van der Waals surface area contributed by atoms with E-state index in [9.17, 15) is 0 Å². The second kappa shape index (κ2) is 11.6. The molecule has 2 fully saturated rings. The Morgan fingerprint density at radius 3 is 2.28 bits per heavy atom. The summed E-state index contributed by atoms with van der Waals surface area (Å²) in [5.41, 5.74) is 0.411. The molecule has 0 aromatic heterocycles. The first-order valence-electron chi connectivity index (χ1n) is 10.3. The maximum atomic E-state index is 4.79. The third-order valence-electron chi connectivity index (χ3n) is 5.41. The molecule has 0 radical (unpaired) electrons. The van der Waals surface area contributed by atoms with E-state index in [4.69, 9.17) is 4.99 Å². The first-order chi connectivity index (χ1) is 11.5. The number of hydrogen-bond donors (Lipinski definition) is 2. The van der Waals surface area contributed by atoms with Gasteiger partial charge in [-0.05, 0) is 50.9 Å². The molecule has 2 aliphatic rings. The number of hydrogen-bond acceptors (Lipinski definition) is 2. The molecule has 0 unspecified atom stereocenters. The van der Waals surface area contributed by atoms with Gasteiger partial charge in [0.2, 0.25) is 0 Å². The van der Waals surface area contributed by atoms with Crippen molar-refractivity contribution in [2.24, 2.45) is 10.4 Å². The minimum atomic E-state index is 0. The van der Waals surface area contributed by atoms with Gasteiger partial charge in [0.05, 0.1) is 0 Å². The van der Waals surface area contributed by atoms with Crippen molar-refractivity contribution in [2.45, 2.75) is 91.1 Å². The molecule has 148 valence electrons. The summed E-state index contributed by atoms with van der Waals surface area (Å²) in [5.74, 6) is 1.02. The average Bonchev–Trinajstić information content (AvgIpc) is 3.06. The van der Waals surface area contributed by atoms with E-state index in [1.165, 1.54) is 64.5 Å². The van der Waals surface area contributed by atoms with Crippen molar-refractivity contribution >= 4 is 29.9 Å². The fourth-order valence-corrected chi connectivity index (χ4v) is 3.99. The molecule has 0 spiro atoms. The van der Waals surface area contributed by atoms with Gasteiger partial charge >= 0.3 is 0 Å². The number of likely N-dealkylation sites (tertiary alicyclic amines) is 1. The highest BCUT2D eigenvalue weighted by molar-refractivity contribution is 14.0. The molecule has 0 aromatic rings. The predicted molar refractivity (Wildman–Crippen MR) is 120 cm³/mol. The van der Waals surface area contributed by atoms with Crippen molar-refractivity contribution in [1.29, 1.82) is 0 Å². The van der Waals surface area contributed by atoms with E-state index in [1.54, 1.807) is 0 Å². The number of nitrogens with zero attached hydrogens (tertiary/aromatic N) is 2. The molecular weight excluding hydrogens is 423 g/mol. The van der Waals surface area contributed by atoms with E-state index >= 15 is 0 Å².